The van der Waals surface area contributed by atoms with Gasteiger partial charge in [-0.3, -0.25) is 5.21 Å². The molecule has 0 unspecified atom stereocenters. The summed E-state index contributed by atoms with van der Waals surface area (Å²) >= 11 is 0. The number of carbonyl (C=O) groups excluding carboxylic acids is 2. The van der Waals surface area contributed by atoms with Gasteiger partial charge in [-0.05, 0) is 46.5 Å². The van der Waals surface area contributed by atoms with Gasteiger partial charge in [0.05, 0.1) is 11.6 Å². The Balaban J connectivity index is 1.40. The molecule has 1 aromatic heterocycles. The zero-order valence-corrected chi connectivity index (χ0v) is 15.8. The fraction of sp³-hybridized carbons (Fsp3) is 0.765. The monoisotopic (exact) mass is 379 g/mol. The molecule has 3 aliphatic rings. The number of rotatable bonds is 4. The minimum absolute atomic E-state index is 0.163. The number of carbonyl (C=O) groups is 2. The number of urea groups is 1. The van der Waals surface area contributed by atoms with Gasteiger partial charge < -0.3 is 19.4 Å². The van der Waals surface area contributed by atoms with E-state index in [1.807, 2.05) is 20.8 Å². The molecule has 148 valence electrons. The van der Waals surface area contributed by atoms with E-state index in [1.54, 1.807) is 4.90 Å². The average molecular weight is 379 g/mol. The number of fused-ring (bicyclic) bond motifs is 2. The van der Waals surface area contributed by atoms with Crippen LogP contribution in [0.4, 0.5) is 9.59 Å². The van der Waals surface area contributed by atoms with Crippen molar-refractivity contribution >= 4 is 12.1 Å². The number of amides is 3. The van der Waals surface area contributed by atoms with Gasteiger partial charge in [-0.25, -0.2) is 14.7 Å². The van der Waals surface area contributed by atoms with Crippen LogP contribution in [0.5, 0.6) is 0 Å². The van der Waals surface area contributed by atoms with E-state index in [9.17, 15) is 14.8 Å². The van der Waals surface area contributed by atoms with Crippen LogP contribution < -0.4 is 5.32 Å². The summed E-state index contributed by atoms with van der Waals surface area (Å²) in [5, 5.41) is 21.7. The maximum absolute atomic E-state index is 12.1. The quantitative estimate of drug-likeness (QED) is 0.767. The number of nitrogens with one attached hydrogen (secondary N) is 1. The first kappa shape index (κ1) is 18.0. The molecule has 2 aliphatic heterocycles. The smallest absolute Gasteiger partial charge is 0.408 e. The summed E-state index contributed by atoms with van der Waals surface area (Å²) in [6, 6.07) is -0.905. The summed E-state index contributed by atoms with van der Waals surface area (Å²) in [5.41, 5.74) is -0.964. The van der Waals surface area contributed by atoms with E-state index in [0.29, 0.717) is 37.6 Å². The second-order valence-corrected chi connectivity index (χ2v) is 8.64. The summed E-state index contributed by atoms with van der Waals surface area (Å²) in [4.78, 5) is 25.7. The first-order valence-electron chi connectivity index (χ1n) is 9.28. The molecule has 27 heavy (non-hydrogen) atoms. The third-order valence-electron chi connectivity index (χ3n) is 5.22. The lowest BCUT2D eigenvalue weighted by Crippen LogP contribution is -2.42. The zero-order valence-electron chi connectivity index (χ0n) is 15.8. The second kappa shape index (κ2) is 6.08. The van der Waals surface area contributed by atoms with Crippen molar-refractivity contribution in [3.63, 3.8) is 0 Å². The maximum Gasteiger partial charge on any atom is 0.408 e. The van der Waals surface area contributed by atoms with Gasteiger partial charge in [0.25, 0.3) is 0 Å². The lowest BCUT2D eigenvalue weighted by molar-refractivity contribution is -0.0584. The number of nitrogens with zero attached hydrogens (tertiary/aromatic N) is 4. The summed E-state index contributed by atoms with van der Waals surface area (Å²) in [6.45, 7) is 5.91. The number of hydrogen-bond donors (Lipinski definition) is 2. The molecule has 2 atom stereocenters. The number of piperidine rings is 1. The number of hydrogen-bond acceptors (Lipinski definition) is 7. The van der Waals surface area contributed by atoms with Crippen LogP contribution in [0.3, 0.4) is 0 Å². The van der Waals surface area contributed by atoms with Crippen LogP contribution in [0.15, 0.2) is 4.42 Å². The molecule has 4 rings (SSSR count). The van der Waals surface area contributed by atoms with Crippen molar-refractivity contribution in [1.29, 1.82) is 0 Å². The lowest BCUT2D eigenvalue weighted by atomic mass is 10.0. The average Bonchev–Trinajstić information content (AvgIpc) is 3.08. The van der Waals surface area contributed by atoms with Crippen molar-refractivity contribution < 1.29 is 24.0 Å². The van der Waals surface area contributed by atoms with Gasteiger partial charge >= 0.3 is 12.1 Å². The molecule has 10 heteroatoms. The molecule has 0 radical (unpaired) electrons. The van der Waals surface area contributed by atoms with Crippen molar-refractivity contribution in [3.05, 3.63) is 11.8 Å². The van der Waals surface area contributed by atoms with E-state index in [1.165, 1.54) is 0 Å². The highest BCUT2D eigenvalue weighted by atomic mass is 16.6. The Bertz CT molecular complexity index is 753. The number of ether oxygens (including phenoxy) is 1. The molecule has 3 fully saturated rings. The van der Waals surface area contributed by atoms with E-state index in [0.717, 1.165) is 17.9 Å². The van der Waals surface area contributed by atoms with Crippen LogP contribution in [0.2, 0.25) is 0 Å². The molecular weight excluding hydrogens is 354 g/mol. The predicted octanol–water partition coefficient (Wildman–Crippen LogP) is 2.00. The molecule has 0 aromatic carbocycles. The molecule has 10 nitrogen and oxygen atoms in total. The van der Waals surface area contributed by atoms with Crippen molar-refractivity contribution in [2.45, 2.75) is 76.1 Å². The van der Waals surface area contributed by atoms with Crippen LogP contribution in [0.25, 0.3) is 0 Å². The van der Waals surface area contributed by atoms with E-state index < -0.39 is 23.3 Å². The normalized spacial score (nSPS) is 26.3. The first-order chi connectivity index (χ1) is 12.7. The Morgan fingerprint density at radius 3 is 2.78 bits per heavy atom. The van der Waals surface area contributed by atoms with Gasteiger partial charge in [0.1, 0.15) is 11.6 Å². The molecule has 3 amide bonds. The fourth-order valence-corrected chi connectivity index (χ4v) is 3.69. The standard InChI is InChI=1S/C17H25N5O5/c1-16(2,3)27-14(23)18-17(6-7-17)8-12-19-20-13(26-12)11-5-4-10-9-21(11)15(24)22(10)25/h10-11,25H,4-9H2,1-3H3,(H,18,23)/t10-,11+/m1/s1. The molecule has 2 saturated heterocycles. The zero-order chi connectivity index (χ0) is 19.4. The molecule has 0 spiro atoms. The topological polar surface area (TPSA) is 121 Å². The molecule has 1 aromatic rings. The van der Waals surface area contributed by atoms with Gasteiger partial charge in [0.2, 0.25) is 11.8 Å². The fourth-order valence-electron chi connectivity index (χ4n) is 3.69. The Kier molecular flexibility index (Phi) is 4.06. The minimum atomic E-state index is -0.556. The molecular formula is C17H25N5O5. The molecule has 1 aliphatic carbocycles. The van der Waals surface area contributed by atoms with Gasteiger partial charge in [-0.2, -0.15) is 0 Å². The van der Waals surface area contributed by atoms with Gasteiger partial charge in [0, 0.05) is 13.0 Å². The Hall–Kier alpha value is -2.36. The summed E-state index contributed by atoms with van der Waals surface area (Å²) in [7, 11) is 0. The highest BCUT2D eigenvalue weighted by Crippen LogP contribution is 2.40. The van der Waals surface area contributed by atoms with Gasteiger partial charge in [0.15, 0.2) is 0 Å². The first-order valence-corrected chi connectivity index (χ1v) is 9.28. The van der Waals surface area contributed by atoms with Crippen molar-refractivity contribution in [1.82, 2.24) is 25.5 Å². The van der Waals surface area contributed by atoms with E-state index in [-0.39, 0.29) is 12.1 Å². The Labute approximate surface area is 156 Å². The maximum atomic E-state index is 12.1. The van der Waals surface area contributed by atoms with Crippen LogP contribution >= 0.6 is 0 Å². The highest BCUT2D eigenvalue weighted by molar-refractivity contribution is 5.76. The predicted molar refractivity (Wildman–Crippen MR) is 90.8 cm³/mol. The summed E-state index contributed by atoms with van der Waals surface area (Å²) in [6.07, 6.45) is 2.96. The van der Waals surface area contributed by atoms with E-state index >= 15 is 0 Å². The van der Waals surface area contributed by atoms with Crippen LogP contribution in [-0.2, 0) is 11.2 Å². The van der Waals surface area contributed by atoms with Crippen LogP contribution in [0, 0.1) is 0 Å². The third-order valence-corrected chi connectivity index (χ3v) is 5.22. The van der Waals surface area contributed by atoms with E-state index in [2.05, 4.69) is 15.5 Å². The van der Waals surface area contributed by atoms with Crippen molar-refractivity contribution in [3.8, 4) is 0 Å². The molecule has 2 bridgehead atoms. The van der Waals surface area contributed by atoms with Crippen LogP contribution in [-0.4, -0.2) is 61.2 Å². The Morgan fingerprint density at radius 2 is 2.11 bits per heavy atom. The van der Waals surface area contributed by atoms with E-state index in [4.69, 9.17) is 9.15 Å². The minimum Gasteiger partial charge on any atom is -0.444 e. The molecule has 3 heterocycles. The molecule has 1 saturated carbocycles. The van der Waals surface area contributed by atoms with Crippen molar-refractivity contribution in [2.24, 2.45) is 0 Å². The Morgan fingerprint density at radius 1 is 1.37 bits per heavy atom. The summed E-state index contributed by atoms with van der Waals surface area (Å²) < 4.78 is 11.1. The lowest BCUT2D eigenvalue weighted by Gasteiger charge is -2.27. The third kappa shape index (κ3) is 3.58. The van der Waals surface area contributed by atoms with Gasteiger partial charge in [-0.1, -0.05) is 0 Å². The molecule has 2 N–H and O–H groups in total. The highest BCUT2D eigenvalue weighted by Gasteiger charge is 2.48. The van der Waals surface area contributed by atoms with Crippen molar-refractivity contribution in [2.75, 3.05) is 6.54 Å². The number of hydroxylamine groups is 2. The van der Waals surface area contributed by atoms with Gasteiger partial charge in [-0.15, -0.1) is 10.2 Å². The summed E-state index contributed by atoms with van der Waals surface area (Å²) in [5.74, 6) is 0.799. The largest absolute Gasteiger partial charge is 0.444 e. The van der Waals surface area contributed by atoms with Crippen LogP contribution in [0.1, 0.15) is 64.3 Å². The number of aromatic nitrogens is 2. The SMILES string of the molecule is CC(C)(C)OC(=O)NC1(Cc2nnc([C@@H]3CC[C@@H]4CN3C(=O)N4O)o2)CC1. The second-order valence-electron chi connectivity index (χ2n) is 8.64. The number of alkyl carbamates (subject to hydrolysis) is 1.